The molecule has 1 amide bonds. The molecule has 1 heterocycles. The second-order valence-corrected chi connectivity index (χ2v) is 8.49. The van der Waals surface area contributed by atoms with Crippen LogP contribution in [-0.4, -0.2) is 29.9 Å². The van der Waals surface area contributed by atoms with Gasteiger partial charge in [-0.2, -0.15) is 0 Å². The van der Waals surface area contributed by atoms with Gasteiger partial charge in [0.1, 0.15) is 0 Å². The predicted molar refractivity (Wildman–Crippen MR) is 92.5 cm³/mol. The fraction of sp³-hybridized carbons (Fsp3) is 0.688. The molecule has 0 saturated heterocycles. The number of thiophene rings is 1. The summed E-state index contributed by atoms with van der Waals surface area (Å²) >= 11 is 5.23. The molecule has 1 aliphatic carbocycles. The average molecular weight is 373 g/mol. The number of carbonyl (C=O) groups excluding carboxylic acids is 1. The lowest BCUT2D eigenvalue weighted by Crippen LogP contribution is -2.45. The summed E-state index contributed by atoms with van der Waals surface area (Å²) in [6, 6.07) is 4.57. The Kier molecular flexibility index (Phi) is 6.71. The van der Waals surface area contributed by atoms with Gasteiger partial charge in [0.15, 0.2) is 0 Å². The van der Waals surface area contributed by atoms with Crippen molar-refractivity contribution in [3.8, 4) is 0 Å². The first-order valence-corrected chi connectivity index (χ1v) is 9.45. The van der Waals surface area contributed by atoms with E-state index < -0.39 is 0 Å². The predicted octanol–water partition coefficient (Wildman–Crippen LogP) is 4.03. The highest BCUT2D eigenvalue weighted by atomic mass is 79.9. The summed E-state index contributed by atoms with van der Waals surface area (Å²) in [5.74, 6) is 0.789. The van der Waals surface area contributed by atoms with Crippen molar-refractivity contribution < 1.29 is 4.79 Å². The number of rotatable bonds is 6. The maximum absolute atomic E-state index is 12.3. The monoisotopic (exact) mass is 372 g/mol. The molecule has 1 aromatic heterocycles. The van der Waals surface area contributed by atoms with Crippen LogP contribution in [0, 0.1) is 5.92 Å². The lowest BCUT2D eigenvalue weighted by molar-refractivity contribution is -0.123. The van der Waals surface area contributed by atoms with Gasteiger partial charge in [-0.25, -0.2) is 0 Å². The molecule has 1 N–H and O–H groups in total. The SMILES string of the molecule is CCN(CC(=O)N[C@@H]1CCCC[C@H]1C)Cc1ccc(Br)s1. The number of hydrogen-bond donors (Lipinski definition) is 1. The highest BCUT2D eigenvalue weighted by Gasteiger charge is 2.23. The molecule has 1 aromatic rings. The zero-order chi connectivity index (χ0) is 15.2. The van der Waals surface area contributed by atoms with Gasteiger partial charge in [-0.3, -0.25) is 9.69 Å². The van der Waals surface area contributed by atoms with E-state index in [0.29, 0.717) is 18.5 Å². The van der Waals surface area contributed by atoms with Gasteiger partial charge in [-0.15, -0.1) is 11.3 Å². The maximum atomic E-state index is 12.3. The summed E-state index contributed by atoms with van der Waals surface area (Å²) in [5.41, 5.74) is 0. The molecule has 118 valence electrons. The molecule has 0 spiro atoms. The summed E-state index contributed by atoms with van der Waals surface area (Å²) < 4.78 is 1.15. The number of nitrogens with one attached hydrogen (secondary N) is 1. The van der Waals surface area contributed by atoms with Crippen molar-refractivity contribution in [3.05, 3.63) is 20.8 Å². The molecule has 0 radical (unpaired) electrons. The van der Waals surface area contributed by atoms with E-state index in [-0.39, 0.29) is 5.91 Å². The Bertz CT molecular complexity index is 463. The lowest BCUT2D eigenvalue weighted by atomic mass is 9.86. The van der Waals surface area contributed by atoms with Crippen LogP contribution in [0.4, 0.5) is 0 Å². The zero-order valence-electron chi connectivity index (χ0n) is 12.9. The Morgan fingerprint density at radius 1 is 1.43 bits per heavy atom. The zero-order valence-corrected chi connectivity index (χ0v) is 15.3. The number of nitrogens with zero attached hydrogens (tertiary/aromatic N) is 1. The van der Waals surface area contributed by atoms with Gasteiger partial charge in [0.05, 0.1) is 10.3 Å². The Morgan fingerprint density at radius 3 is 2.81 bits per heavy atom. The van der Waals surface area contributed by atoms with E-state index in [2.05, 4.69) is 52.1 Å². The van der Waals surface area contributed by atoms with E-state index in [0.717, 1.165) is 23.3 Å². The first-order valence-electron chi connectivity index (χ1n) is 7.84. The Morgan fingerprint density at radius 2 is 2.19 bits per heavy atom. The second-order valence-electron chi connectivity index (χ2n) is 5.94. The van der Waals surface area contributed by atoms with Crippen molar-refractivity contribution >= 4 is 33.2 Å². The van der Waals surface area contributed by atoms with Crippen molar-refractivity contribution in [2.45, 2.75) is 52.1 Å². The van der Waals surface area contributed by atoms with Crippen molar-refractivity contribution in [3.63, 3.8) is 0 Å². The molecule has 0 aliphatic heterocycles. The van der Waals surface area contributed by atoms with Crippen LogP contribution in [0.1, 0.15) is 44.4 Å². The third kappa shape index (κ3) is 5.38. The van der Waals surface area contributed by atoms with Crippen molar-refractivity contribution in [2.24, 2.45) is 5.92 Å². The topological polar surface area (TPSA) is 32.3 Å². The molecule has 0 aromatic carbocycles. The van der Waals surface area contributed by atoms with Gasteiger partial charge in [0.2, 0.25) is 5.91 Å². The van der Waals surface area contributed by atoms with E-state index in [1.54, 1.807) is 11.3 Å². The summed E-state index contributed by atoms with van der Waals surface area (Å²) in [7, 11) is 0. The fourth-order valence-electron chi connectivity index (χ4n) is 2.92. The molecule has 0 bridgehead atoms. The Hall–Kier alpha value is -0.390. The smallest absolute Gasteiger partial charge is 0.234 e. The molecule has 3 nitrogen and oxygen atoms in total. The third-order valence-electron chi connectivity index (χ3n) is 4.28. The molecular formula is C16H25BrN2OS. The van der Waals surface area contributed by atoms with Gasteiger partial charge in [-0.1, -0.05) is 26.7 Å². The number of likely N-dealkylation sites (N-methyl/N-ethyl adjacent to an activating group) is 1. The number of halogens is 1. The Labute approximate surface area is 140 Å². The number of carbonyl (C=O) groups is 1. The molecule has 1 fully saturated rings. The van der Waals surface area contributed by atoms with Gasteiger partial charge >= 0.3 is 0 Å². The first-order chi connectivity index (χ1) is 10.1. The van der Waals surface area contributed by atoms with E-state index in [9.17, 15) is 4.79 Å². The minimum absolute atomic E-state index is 0.172. The molecular weight excluding hydrogens is 348 g/mol. The molecule has 1 aliphatic rings. The minimum Gasteiger partial charge on any atom is -0.352 e. The van der Waals surface area contributed by atoms with Gasteiger partial charge < -0.3 is 5.32 Å². The van der Waals surface area contributed by atoms with Crippen LogP contribution in [0.5, 0.6) is 0 Å². The molecule has 2 atom stereocenters. The minimum atomic E-state index is 0.172. The van der Waals surface area contributed by atoms with Crippen molar-refractivity contribution in [1.82, 2.24) is 10.2 Å². The number of hydrogen-bond acceptors (Lipinski definition) is 3. The molecule has 1 saturated carbocycles. The van der Waals surface area contributed by atoms with Crippen LogP contribution in [0.3, 0.4) is 0 Å². The largest absolute Gasteiger partial charge is 0.352 e. The third-order valence-corrected chi connectivity index (χ3v) is 5.89. The van der Waals surface area contributed by atoms with Crippen LogP contribution < -0.4 is 5.32 Å². The highest BCUT2D eigenvalue weighted by Crippen LogP contribution is 2.24. The molecule has 2 rings (SSSR count). The summed E-state index contributed by atoms with van der Waals surface area (Å²) in [6.45, 7) is 6.60. The first kappa shape index (κ1) is 17.0. The summed E-state index contributed by atoms with van der Waals surface area (Å²) in [5, 5.41) is 3.24. The molecule has 21 heavy (non-hydrogen) atoms. The molecule has 5 heteroatoms. The lowest BCUT2D eigenvalue weighted by Gasteiger charge is -2.30. The quantitative estimate of drug-likeness (QED) is 0.817. The van der Waals surface area contributed by atoms with E-state index in [4.69, 9.17) is 0 Å². The fourth-order valence-corrected chi connectivity index (χ4v) is 4.45. The van der Waals surface area contributed by atoms with Gasteiger partial charge in [0.25, 0.3) is 0 Å². The van der Waals surface area contributed by atoms with Gasteiger partial charge in [0, 0.05) is 17.5 Å². The van der Waals surface area contributed by atoms with E-state index >= 15 is 0 Å². The van der Waals surface area contributed by atoms with Crippen LogP contribution in [0.15, 0.2) is 15.9 Å². The summed E-state index contributed by atoms with van der Waals surface area (Å²) in [4.78, 5) is 15.8. The summed E-state index contributed by atoms with van der Waals surface area (Å²) in [6.07, 6.45) is 4.93. The normalized spacial score (nSPS) is 22.5. The van der Waals surface area contributed by atoms with Crippen molar-refractivity contribution in [2.75, 3.05) is 13.1 Å². The number of amides is 1. The molecule has 0 unspecified atom stereocenters. The van der Waals surface area contributed by atoms with Crippen LogP contribution in [0.2, 0.25) is 0 Å². The second kappa shape index (κ2) is 8.30. The van der Waals surface area contributed by atoms with E-state index in [1.807, 2.05) is 0 Å². The maximum Gasteiger partial charge on any atom is 0.234 e. The van der Waals surface area contributed by atoms with Crippen molar-refractivity contribution in [1.29, 1.82) is 0 Å². The standard InChI is InChI=1S/C16H25BrN2OS/c1-3-19(10-13-8-9-15(17)21-13)11-16(20)18-14-7-5-4-6-12(14)2/h8-9,12,14H,3-7,10-11H2,1-2H3,(H,18,20)/t12-,14-/m1/s1. The highest BCUT2D eigenvalue weighted by molar-refractivity contribution is 9.11. The van der Waals surface area contributed by atoms with E-state index in [1.165, 1.54) is 24.1 Å². The Balaban J connectivity index is 1.81. The van der Waals surface area contributed by atoms with Crippen LogP contribution in [0.25, 0.3) is 0 Å². The van der Waals surface area contributed by atoms with Crippen LogP contribution >= 0.6 is 27.3 Å². The average Bonchev–Trinajstić information content (AvgIpc) is 2.86. The van der Waals surface area contributed by atoms with Crippen LogP contribution in [-0.2, 0) is 11.3 Å². The van der Waals surface area contributed by atoms with Gasteiger partial charge in [-0.05, 0) is 53.4 Å².